The topological polar surface area (TPSA) is 76.7 Å². The Morgan fingerprint density at radius 2 is 1.74 bits per heavy atom. The number of benzene rings is 2. The number of carbonyl (C=O) groups excluding carboxylic acids is 1. The predicted octanol–water partition coefficient (Wildman–Crippen LogP) is 4.45. The van der Waals surface area contributed by atoms with Crippen LogP contribution in [0.5, 0.6) is 17.2 Å². The number of amides is 1. The van der Waals surface area contributed by atoms with Crippen LogP contribution in [0.4, 0.5) is 0 Å². The van der Waals surface area contributed by atoms with Gasteiger partial charge in [0.15, 0.2) is 11.5 Å². The van der Waals surface area contributed by atoms with E-state index in [1.807, 2.05) is 47.4 Å². The fraction of sp³-hybridized carbons (Fsp3) is 0.333. The van der Waals surface area contributed by atoms with Gasteiger partial charge in [0.1, 0.15) is 11.4 Å². The molecule has 2 heterocycles. The van der Waals surface area contributed by atoms with E-state index in [0.717, 1.165) is 41.0 Å². The van der Waals surface area contributed by atoms with E-state index < -0.39 is 0 Å². The Morgan fingerprint density at radius 1 is 1.00 bits per heavy atom. The zero-order chi connectivity index (χ0) is 22.0. The number of fused-ring (bicyclic) bond motifs is 1. The van der Waals surface area contributed by atoms with Gasteiger partial charge in [0, 0.05) is 17.7 Å². The van der Waals surface area contributed by atoms with Crippen LogP contribution in [0, 0.1) is 0 Å². The summed E-state index contributed by atoms with van der Waals surface area (Å²) < 4.78 is 16.2. The summed E-state index contributed by atoms with van der Waals surface area (Å²) in [5.41, 5.74) is 4.08. The summed E-state index contributed by atoms with van der Waals surface area (Å²) in [6.07, 6.45) is 1.92. The third-order valence-corrected chi connectivity index (χ3v) is 5.70. The van der Waals surface area contributed by atoms with Crippen LogP contribution in [0.2, 0.25) is 0 Å². The van der Waals surface area contributed by atoms with E-state index in [0.29, 0.717) is 23.7 Å². The minimum absolute atomic E-state index is 0.0319. The molecule has 162 valence electrons. The fourth-order valence-electron chi connectivity index (χ4n) is 4.09. The van der Waals surface area contributed by atoms with Crippen molar-refractivity contribution in [2.75, 3.05) is 27.9 Å². The van der Waals surface area contributed by atoms with Gasteiger partial charge in [-0.25, -0.2) is 0 Å². The van der Waals surface area contributed by atoms with Crippen LogP contribution >= 0.6 is 0 Å². The first-order valence-corrected chi connectivity index (χ1v) is 10.4. The number of unbranched alkanes of at least 4 members (excludes halogenated alkanes) is 1. The molecule has 0 radical (unpaired) electrons. The number of carbonyl (C=O) groups is 1. The van der Waals surface area contributed by atoms with E-state index in [4.69, 9.17) is 14.2 Å². The van der Waals surface area contributed by atoms with Crippen LogP contribution in [-0.2, 0) is 0 Å². The van der Waals surface area contributed by atoms with Crippen molar-refractivity contribution in [3.05, 3.63) is 59.3 Å². The van der Waals surface area contributed by atoms with Gasteiger partial charge in [0.05, 0.1) is 33.1 Å². The van der Waals surface area contributed by atoms with Gasteiger partial charge in [-0.2, -0.15) is 5.10 Å². The Bertz CT molecular complexity index is 1070. The summed E-state index contributed by atoms with van der Waals surface area (Å²) in [4.78, 5) is 15.2. The number of nitrogens with zero attached hydrogens (tertiary/aromatic N) is 2. The SMILES string of the molecule is CCCCN1C(=O)c2[nH]nc(-c3ccc(OC)cc3)c2C1c1ccc(OC)c(OC)c1. The van der Waals surface area contributed by atoms with Crippen molar-refractivity contribution < 1.29 is 19.0 Å². The molecule has 1 amide bonds. The normalized spacial score (nSPS) is 15.2. The average Bonchev–Trinajstić information content (AvgIpc) is 3.36. The fourth-order valence-corrected chi connectivity index (χ4v) is 4.09. The number of ether oxygens (including phenoxy) is 3. The van der Waals surface area contributed by atoms with Crippen molar-refractivity contribution in [2.24, 2.45) is 0 Å². The van der Waals surface area contributed by atoms with Gasteiger partial charge in [0.25, 0.3) is 5.91 Å². The molecule has 7 nitrogen and oxygen atoms in total. The smallest absolute Gasteiger partial charge is 0.273 e. The molecule has 7 heteroatoms. The first kappa shape index (κ1) is 20.8. The maximum absolute atomic E-state index is 13.3. The quantitative estimate of drug-likeness (QED) is 0.582. The van der Waals surface area contributed by atoms with Gasteiger partial charge >= 0.3 is 0 Å². The van der Waals surface area contributed by atoms with E-state index in [-0.39, 0.29) is 11.9 Å². The first-order chi connectivity index (χ1) is 15.1. The highest BCUT2D eigenvalue weighted by Crippen LogP contribution is 2.44. The lowest BCUT2D eigenvalue weighted by atomic mass is 9.95. The number of aromatic nitrogens is 2. The lowest BCUT2D eigenvalue weighted by Crippen LogP contribution is -2.30. The number of hydrogen-bond donors (Lipinski definition) is 1. The third-order valence-electron chi connectivity index (χ3n) is 5.70. The van der Waals surface area contributed by atoms with E-state index in [1.165, 1.54) is 0 Å². The summed E-state index contributed by atoms with van der Waals surface area (Å²) in [5.74, 6) is 2.02. The molecule has 0 saturated heterocycles. The van der Waals surface area contributed by atoms with Crippen molar-refractivity contribution in [3.8, 4) is 28.5 Å². The molecule has 1 aromatic heterocycles. The molecular weight excluding hydrogens is 394 g/mol. The Kier molecular flexibility index (Phi) is 5.84. The average molecular weight is 421 g/mol. The molecule has 3 aromatic rings. The summed E-state index contributed by atoms with van der Waals surface area (Å²) in [5, 5.41) is 7.50. The van der Waals surface area contributed by atoms with Crippen molar-refractivity contribution in [1.29, 1.82) is 0 Å². The lowest BCUT2D eigenvalue weighted by Gasteiger charge is -2.27. The standard InChI is InChI=1S/C24H27N3O4/c1-5-6-13-27-23(16-9-12-18(30-3)19(14-16)31-4)20-21(25-26-22(20)24(27)28)15-7-10-17(29-2)11-8-15/h7-12,14,23H,5-6,13H2,1-4H3,(H,25,26). The zero-order valence-corrected chi connectivity index (χ0v) is 18.3. The molecule has 2 aromatic carbocycles. The highest BCUT2D eigenvalue weighted by Gasteiger charge is 2.42. The summed E-state index contributed by atoms with van der Waals surface area (Å²) in [7, 11) is 4.86. The lowest BCUT2D eigenvalue weighted by molar-refractivity contribution is 0.0741. The molecule has 0 saturated carbocycles. The Labute approximate surface area is 181 Å². The summed E-state index contributed by atoms with van der Waals surface area (Å²) in [6.45, 7) is 2.79. The maximum Gasteiger partial charge on any atom is 0.273 e. The summed E-state index contributed by atoms with van der Waals surface area (Å²) >= 11 is 0. The molecule has 4 rings (SSSR count). The van der Waals surface area contributed by atoms with Crippen molar-refractivity contribution in [1.82, 2.24) is 15.1 Å². The molecule has 1 aliphatic rings. The molecule has 1 aliphatic heterocycles. The van der Waals surface area contributed by atoms with Gasteiger partial charge in [0.2, 0.25) is 0 Å². The van der Waals surface area contributed by atoms with Crippen molar-refractivity contribution in [2.45, 2.75) is 25.8 Å². The minimum atomic E-state index is -0.260. The predicted molar refractivity (Wildman–Crippen MR) is 118 cm³/mol. The molecule has 1 unspecified atom stereocenters. The molecule has 0 bridgehead atoms. The second kappa shape index (κ2) is 8.71. The number of hydrogen-bond acceptors (Lipinski definition) is 5. The van der Waals surface area contributed by atoms with Crippen LogP contribution < -0.4 is 14.2 Å². The first-order valence-electron chi connectivity index (χ1n) is 10.4. The Hall–Kier alpha value is -3.48. The van der Waals surface area contributed by atoms with Gasteiger partial charge < -0.3 is 19.1 Å². The van der Waals surface area contributed by atoms with Crippen LogP contribution in [0.25, 0.3) is 11.3 Å². The van der Waals surface area contributed by atoms with Gasteiger partial charge in [-0.3, -0.25) is 9.89 Å². The molecule has 1 N–H and O–H groups in total. The molecule has 0 spiro atoms. The summed E-state index contributed by atoms with van der Waals surface area (Å²) in [6, 6.07) is 13.3. The molecule has 31 heavy (non-hydrogen) atoms. The monoisotopic (exact) mass is 421 g/mol. The Morgan fingerprint density at radius 3 is 2.39 bits per heavy atom. The molecule has 0 aliphatic carbocycles. The number of aromatic amines is 1. The second-order valence-corrected chi connectivity index (χ2v) is 7.46. The van der Waals surface area contributed by atoms with Crippen LogP contribution in [-0.4, -0.2) is 48.9 Å². The van der Waals surface area contributed by atoms with E-state index in [9.17, 15) is 4.79 Å². The van der Waals surface area contributed by atoms with Crippen LogP contribution in [0.15, 0.2) is 42.5 Å². The number of H-pyrrole nitrogens is 1. The van der Waals surface area contributed by atoms with Crippen LogP contribution in [0.1, 0.15) is 47.4 Å². The largest absolute Gasteiger partial charge is 0.497 e. The third kappa shape index (κ3) is 3.60. The number of methoxy groups -OCH3 is 3. The highest BCUT2D eigenvalue weighted by atomic mass is 16.5. The van der Waals surface area contributed by atoms with E-state index >= 15 is 0 Å². The number of rotatable bonds is 8. The molecule has 1 atom stereocenters. The van der Waals surface area contributed by atoms with Gasteiger partial charge in [-0.1, -0.05) is 19.4 Å². The number of nitrogens with one attached hydrogen (secondary N) is 1. The molecule has 0 fully saturated rings. The van der Waals surface area contributed by atoms with Crippen LogP contribution in [0.3, 0.4) is 0 Å². The van der Waals surface area contributed by atoms with E-state index in [2.05, 4.69) is 17.1 Å². The highest BCUT2D eigenvalue weighted by molar-refractivity contribution is 6.00. The van der Waals surface area contributed by atoms with Gasteiger partial charge in [-0.15, -0.1) is 0 Å². The van der Waals surface area contributed by atoms with E-state index in [1.54, 1.807) is 21.3 Å². The maximum atomic E-state index is 13.3. The Balaban J connectivity index is 1.84. The second-order valence-electron chi connectivity index (χ2n) is 7.46. The van der Waals surface area contributed by atoms with Gasteiger partial charge in [-0.05, 0) is 48.4 Å². The minimum Gasteiger partial charge on any atom is -0.497 e. The van der Waals surface area contributed by atoms with Crippen molar-refractivity contribution in [3.63, 3.8) is 0 Å². The van der Waals surface area contributed by atoms with Crippen molar-refractivity contribution >= 4 is 5.91 Å². The molecular formula is C24H27N3O4. The zero-order valence-electron chi connectivity index (χ0n) is 18.3.